The van der Waals surface area contributed by atoms with Crippen LogP contribution >= 0.6 is 23.2 Å². The molecule has 1 aliphatic rings. The van der Waals surface area contributed by atoms with Gasteiger partial charge >= 0.3 is 0 Å². The summed E-state index contributed by atoms with van der Waals surface area (Å²) in [6, 6.07) is 10.7. The van der Waals surface area contributed by atoms with Crippen molar-refractivity contribution in [3.8, 4) is 11.5 Å². The molecule has 1 aliphatic heterocycles. The van der Waals surface area contributed by atoms with Gasteiger partial charge in [-0.3, -0.25) is 10.2 Å². The second-order valence-corrected chi connectivity index (χ2v) is 7.62. The third kappa shape index (κ3) is 4.16. The van der Waals surface area contributed by atoms with Gasteiger partial charge in [-0.25, -0.2) is 8.42 Å². The van der Waals surface area contributed by atoms with Crippen LogP contribution in [0.5, 0.6) is 11.5 Å². The maximum absolute atomic E-state index is 12.2. The highest BCUT2D eigenvalue weighted by molar-refractivity contribution is 7.89. The fourth-order valence-corrected chi connectivity index (χ4v) is 3.66. The van der Waals surface area contributed by atoms with Crippen molar-refractivity contribution in [1.29, 1.82) is 0 Å². The number of rotatable bonds is 4. The van der Waals surface area contributed by atoms with Gasteiger partial charge in [0.15, 0.2) is 11.5 Å². The fraction of sp³-hybridized carbons (Fsp3) is 0.133. The number of hydrazine groups is 1. The molecular formula is C15H12Cl2N2O5S. The summed E-state index contributed by atoms with van der Waals surface area (Å²) in [6.45, 7) is -0.0480. The predicted molar refractivity (Wildman–Crippen MR) is 91.3 cm³/mol. The van der Waals surface area contributed by atoms with Gasteiger partial charge < -0.3 is 9.47 Å². The predicted octanol–water partition coefficient (Wildman–Crippen LogP) is 2.14. The summed E-state index contributed by atoms with van der Waals surface area (Å²) in [5, 5.41) is 0.305. The zero-order valence-electron chi connectivity index (χ0n) is 12.5. The summed E-state index contributed by atoms with van der Waals surface area (Å²) in [5.74, 6) is 0.213. The van der Waals surface area contributed by atoms with E-state index in [9.17, 15) is 13.2 Å². The van der Waals surface area contributed by atoms with Crippen molar-refractivity contribution in [3.63, 3.8) is 0 Å². The smallest absolute Gasteiger partial charge is 0.279 e. The lowest BCUT2D eigenvalue weighted by atomic mass is 10.2. The number of ether oxygens (including phenoxy) is 2. The van der Waals surface area contributed by atoms with Crippen LogP contribution in [0.4, 0.5) is 0 Å². The zero-order chi connectivity index (χ0) is 18.0. The Morgan fingerprint density at radius 2 is 1.72 bits per heavy atom. The second kappa shape index (κ2) is 7.09. The Morgan fingerprint density at radius 1 is 1.08 bits per heavy atom. The second-order valence-electron chi connectivity index (χ2n) is 5.06. The lowest BCUT2D eigenvalue weighted by Crippen LogP contribution is -2.50. The Hall–Kier alpha value is -2.00. The van der Waals surface area contributed by atoms with Gasteiger partial charge in [-0.15, -0.1) is 4.83 Å². The highest BCUT2D eigenvalue weighted by atomic mass is 35.5. The molecule has 3 rings (SSSR count). The standard InChI is InChI=1S/C15H12Cl2N2O5S/c16-9-5-10(17)7-11(6-9)25(21,22)19-18-15(20)14-8-23-12-3-1-2-4-13(12)24-14/h1-7,14,19H,8H2,(H,18,20)/t14-/m1/s1. The summed E-state index contributed by atoms with van der Waals surface area (Å²) in [5.41, 5.74) is 2.09. The first-order valence-corrected chi connectivity index (χ1v) is 9.25. The van der Waals surface area contributed by atoms with Crippen LogP contribution in [0.1, 0.15) is 0 Å². The van der Waals surface area contributed by atoms with Crippen molar-refractivity contribution in [1.82, 2.24) is 10.3 Å². The van der Waals surface area contributed by atoms with E-state index in [-0.39, 0.29) is 21.5 Å². The van der Waals surface area contributed by atoms with E-state index in [4.69, 9.17) is 32.7 Å². The lowest BCUT2D eigenvalue weighted by molar-refractivity contribution is -0.130. The van der Waals surface area contributed by atoms with Crippen LogP contribution < -0.4 is 19.7 Å². The molecule has 7 nitrogen and oxygen atoms in total. The number of amides is 1. The molecule has 0 unspecified atom stereocenters. The van der Waals surface area contributed by atoms with E-state index in [0.29, 0.717) is 11.5 Å². The molecule has 0 spiro atoms. The number of carbonyl (C=O) groups excluding carboxylic acids is 1. The van der Waals surface area contributed by atoms with E-state index in [1.165, 1.54) is 18.2 Å². The first-order chi connectivity index (χ1) is 11.8. The summed E-state index contributed by atoms with van der Waals surface area (Å²) in [7, 11) is -4.05. The number of halogens is 2. The van der Waals surface area contributed by atoms with Gasteiger partial charge in [-0.2, -0.15) is 0 Å². The molecule has 0 aromatic heterocycles. The van der Waals surface area contributed by atoms with Crippen molar-refractivity contribution in [2.24, 2.45) is 0 Å². The molecule has 1 atom stereocenters. The van der Waals surface area contributed by atoms with Crippen molar-refractivity contribution >= 4 is 39.1 Å². The lowest BCUT2D eigenvalue weighted by Gasteiger charge is -2.25. The highest BCUT2D eigenvalue weighted by Gasteiger charge is 2.28. The van der Waals surface area contributed by atoms with E-state index in [1.807, 2.05) is 4.83 Å². The number of carbonyl (C=O) groups is 1. The Balaban J connectivity index is 1.66. The number of nitrogens with one attached hydrogen (secondary N) is 2. The Bertz CT molecular complexity index is 900. The summed E-state index contributed by atoms with van der Waals surface area (Å²) < 4.78 is 35.3. The molecule has 0 aliphatic carbocycles. The fourth-order valence-electron chi connectivity index (χ4n) is 2.09. The summed E-state index contributed by atoms with van der Waals surface area (Å²) in [4.78, 5) is 13.9. The van der Waals surface area contributed by atoms with Crippen LogP contribution in [0.3, 0.4) is 0 Å². The van der Waals surface area contributed by atoms with Gasteiger partial charge in [-0.1, -0.05) is 35.3 Å². The topological polar surface area (TPSA) is 93.7 Å². The van der Waals surface area contributed by atoms with Gasteiger partial charge in [0.1, 0.15) is 6.61 Å². The molecule has 2 N–H and O–H groups in total. The van der Waals surface area contributed by atoms with Crippen LogP contribution in [0.25, 0.3) is 0 Å². The molecular weight excluding hydrogens is 391 g/mol. The molecule has 2 aromatic rings. The van der Waals surface area contributed by atoms with Crippen LogP contribution in [0.15, 0.2) is 47.4 Å². The zero-order valence-corrected chi connectivity index (χ0v) is 14.9. The first-order valence-electron chi connectivity index (χ1n) is 7.01. The number of hydrogen-bond donors (Lipinski definition) is 2. The minimum absolute atomic E-state index is 0.0480. The largest absolute Gasteiger partial charge is 0.485 e. The van der Waals surface area contributed by atoms with Crippen molar-refractivity contribution < 1.29 is 22.7 Å². The number of fused-ring (bicyclic) bond motifs is 1. The van der Waals surface area contributed by atoms with Gasteiger partial charge in [0.2, 0.25) is 6.10 Å². The molecule has 2 aromatic carbocycles. The number of para-hydroxylation sites is 2. The maximum atomic E-state index is 12.2. The molecule has 0 radical (unpaired) electrons. The SMILES string of the molecule is O=C(NNS(=O)(=O)c1cc(Cl)cc(Cl)c1)[C@H]1COc2ccccc2O1. The van der Waals surface area contributed by atoms with Crippen LogP contribution in [0, 0.1) is 0 Å². The Morgan fingerprint density at radius 3 is 2.40 bits per heavy atom. The monoisotopic (exact) mass is 402 g/mol. The van der Waals surface area contributed by atoms with Crippen LogP contribution in [-0.4, -0.2) is 27.0 Å². The molecule has 25 heavy (non-hydrogen) atoms. The number of benzene rings is 2. The molecule has 132 valence electrons. The van der Waals surface area contributed by atoms with Gasteiger partial charge in [0.05, 0.1) is 4.90 Å². The summed E-state index contributed by atoms with van der Waals surface area (Å²) >= 11 is 11.6. The van der Waals surface area contributed by atoms with Crippen molar-refractivity contribution in [2.75, 3.05) is 6.61 Å². The Kier molecular flexibility index (Phi) is 5.05. The van der Waals surface area contributed by atoms with E-state index in [2.05, 4.69) is 5.43 Å². The minimum Gasteiger partial charge on any atom is -0.485 e. The number of sulfonamides is 1. The first kappa shape index (κ1) is 17.8. The third-order valence-electron chi connectivity index (χ3n) is 3.26. The quantitative estimate of drug-likeness (QED) is 0.764. The van der Waals surface area contributed by atoms with E-state index >= 15 is 0 Å². The van der Waals surface area contributed by atoms with E-state index in [1.54, 1.807) is 24.3 Å². The molecule has 1 amide bonds. The third-order valence-corrected chi connectivity index (χ3v) is 4.92. The molecule has 0 bridgehead atoms. The minimum atomic E-state index is -4.05. The maximum Gasteiger partial charge on any atom is 0.279 e. The van der Waals surface area contributed by atoms with Crippen LogP contribution in [-0.2, 0) is 14.8 Å². The normalized spacial score (nSPS) is 16.3. The average Bonchev–Trinajstić information content (AvgIpc) is 2.58. The van der Waals surface area contributed by atoms with Crippen molar-refractivity contribution in [3.05, 3.63) is 52.5 Å². The van der Waals surface area contributed by atoms with Crippen molar-refractivity contribution in [2.45, 2.75) is 11.0 Å². The molecule has 1 heterocycles. The summed E-state index contributed by atoms with van der Waals surface area (Å²) in [6.07, 6.45) is -0.999. The van der Waals surface area contributed by atoms with Gasteiger partial charge in [0.25, 0.3) is 15.9 Å². The van der Waals surface area contributed by atoms with Gasteiger partial charge in [-0.05, 0) is 30.3 Å². The van der Waals surface area contributed by atoms with Crippen LogP contribution in [0.2, 0.25) is 10.0 Å². The molecule has 0 saturated carbocycles. The number of hydrogen-bond acceptors (Lipinski definition) is 5. The molecule has 10 heteroatoms. The van der Waals surface area contributed by atoms with E-state index < -0.39 is 22.0 Å². The molecule has 0 saturated heterocycles. The van der Waals surface area contributed by atoms with E-state index in [0.717, 1.165) is 0 Å². The average molecular weight is 403 g/mol. The molecule has 0 fully saturated rings. The Labute approximate surface area is 153 Å². The highest BCUT2D eigenvalue weighted by Crippen LogP contribution is 2.30. The van der Waals surface area contributed by atoms with Gasteiger partial charge in [0, 0.05) is 10.0 Å².